The first-order valence-corrected chi connectivity index (χ1v) is 7.75. The van der Waals surface area contributed by atoms with E-state index >= 15 is 0 Å². The van der Waals surface area contributed by atoms with E-state index in [1.54, 1.807) is 0 Å². The van der Waals surface area contributed by atoms with Crippen molar-refractivity contribution in [3.05, 3.63) is 59.8 Å². The van der Waals surface area contributed by atoms with Crippen molar-refractivity contribution < 1.29 is 0 Å². The summed E-state index contributed by atoms with van der Waals surface area (Å²) in [5.41, 5.74) is 3.44. The minimum atomic E-state index is 0.754. The van der Waals surface area contributed by atoms with E-state index in [2.05, 4.69) is 47.3 Å². The van der Waals surface area contributed by atoms with Crippen LogP contribution in [-0.2, 0) is 6.54 Å². The maximum Gasteiger partial charge on any atom is 0.0481 e. The van der Waals surface area contributed by atoms with Crippen LogP contribution in [0.25, 0.3) is 10.9 Å². The number of unbranched alkanes of at least 4 members (excludes halogenated alkanes) is 1. The lowest BCUT2D eigenvalue weighted by atomic mass is 10.2. The lowest BCUT2D eigenvalue weighted by Crippen LogP contribution is -1.95. The molecule has 0 bridgehead atoms. The molecular weight excluding hydrogens is 280 g/mol. The molecule has 3 aromatic rings. The largest absolute Gasteiger partial charge is 0.356 e. The van der Waals surface area contributed by atoms with Crippen molar-refractivity contribution in [3.8, 4) is 0 Å². The Kier molecular flexibility index (Phi) is 4.16. The number of aromatic nitrogens is 1. The van der Waals surface area contributed by atoms with Crippen molar-refractivity contribution in [1.82, 2.24) is 4.57 Å². The van der Waals surface area contributed by atoms with Gasteiger partial charge < -0.3 is 9.88 Å². The maximum atomic E-state index is 5.91. The van der Waals surface area contributed by atoms with Crippen LogP contribution in [0.2, 0.25) is 5.02 Å². The van der Waals surface area contributed by atoms with Crippen molar-refractivity contribution in [1.29, 1.82) is 0 Å². The van der Waals surface area contributed by atoms with Crippen LogP contribution in [0.4, 0.5) is 11.4 Å². The minimum Gasteiger partial charge on any atom is -0.356 e. The quantitative estimate of drug-likeness (QED) is 0.626. The Hall–Kier alpha value is -1.93. The molecule has 0 fully saturated rings. The molecule has 1 N–H and O–H groups in total. The Morgan fingerprint density at radius 1 is 1.00 bits per heavy atom. The first-order valence-electron chi connectivity index (χ1n) is 7.38. The number of anilines is 2. The number of hydrogen-bond acceptors (Lipinski definition) is 1. The highest BCUT2D eigenvalue weighted by molar-refractivity contribution is 6.30. The van der Waals surface area contributed by atoms with Crippen LogP contribution >= 0.6 is 11.6 Å². The van der Waals surface area contributed by atoms with E-state index in [-0.39, 0.29) is 0 Å². The molecule has 2 aromatic carbocycles. The van der Waals surface area contributed by atoms with Gasteiger partial charge in [0.15, 0.2) is 0 Å². The van der Waals surface area contributed by atoms with Gasteiger partial charge in [-0.05, 0) is 55.0 Å². The van der Waals surface area contributed by atoms with Gasteiger partial charge in [-0.3, -0.25) is 0 Å². The van der Waals surface area contributed by atoms with E-state index in [1.165, 1.54) is 23.7 Å². The summed E-state index contributed by atoms with van der Waals surface area (Å²) >= 11 is 5.91. The second-order valence-electron chi connectivity index (χ2n) is 5.27. The highest BCUT2D eigenvalue weighted by atomic mass is 35.5. The standard InChI is InChI=1S/C18H19ClN2/c1-2-3-11-21-12-10-14-13-17(8-9-18(14)21)20-16-6-4-15(19)5-7-16/h4-10,12-13,20H,2-3,11H2,1H3. The van der Waals surface area contributed by atoms with Gasteiger partial charge in [-0.2, -0.15) is 0 Å². The van der Waals surface area contributed by atoms with Gasteiger partial charge in [0.05, 0.1) is 0 Å². The van der Waals surface area contributed by atoms with Gasteiger partial charge in [-0.15, -0.1) is 0 Å². The number of nitrogens with one attached hydrogen (secondary N) is 1. The molecule has 0 saturated carbocycles. The third-order valence-electron chi connectivity index (χ3n) is 3.66. The van der Waals surface area contributed by atoms with E-state index in [0.29, 0.717) is 0 Å². The lowest BCUT2D eigenvalue weighted by Gasteiger charge is -2.08. The van der Waals surface area contributed by atoms with Gasteiger partial charge >= 0.3 is 0 Å². The highest BCUT2D eigenvalue weighted by Crippen LogP contribution is 2.24. The summed E-state index contributed by atoms with van der Waals surface area (Å²) < 4.78 is 2.32. The van der Waals surface area contributed by atoms with E-state index in [0.717, 1.165) is 22.9 Å². The zero-order valence-corrected chi connectivity index (χ0v) is 12.9. The molecule has 0 aliphatic carbocycles. The fourth-order valence-corrected chi connectivity index (χ4v) is 2.63. The molecule has 0 aliphatic rings. The fraction of sp³-hybridized carbons (Fsp3) is 0.222. The van der Waals surface area contributed by atoms with Gasteiger partial charge in [0, 0.05) is 40.0 Å². The van der Waals surface area contributed by atoms with Gasteiger partial charge in [0.1, 0.15) is 0 Å². The number of nitrogens with zero attached hydrogens (tertiary/aromatic N) is 1. The second-order valence-corrected chi connectivity index (χ2v) is 5.70. The Labute approximate surface area is 130 Å². The highest BCUT2D eigenvalue weighted by Gasteiger charge is 2.02. The summed E-state index contributed by atoms with van der Waals surface area (Å²) in [6, 6.07) is 16.4. The van der Waals surface area contributed by atoms with Gasteiger partial charge in [0.25, 0.3) is 0 Å². The molecular formula is C18H19ClN2. The summed E-state index contributed by atoms with van der Waals surface area (Å²) in [6.07, 6.45) is 4.61. The number of halogens is 1. The van der Waals surface area contributed by atoms with Crippen LogP contribution in [0.1, 0.15) is 19.8 Å². The molecule has 0 spiro atoms. The van der Waals surface area contributed by atoms with Crippen molar-refractivity contribution >= 4 is 33.9 Å². The molecule has 1 heterocycles. The summed E-state index contributed by atoms with van der Waals surface area (Å²) in [5.74, 6) is 0. The van der Waals surface area contributed by atoms with Crippen LogP contribution in [0.5, 0.6) is 0 Å². The van der Waals surface area contributed by atoms with Crippen LogP contribution in [0.3, 0.4) is 0 Å². The van der Waals surface area contributed by atoms with Crippen molar-refractivity contribution in [2.24, 2.45) is 0 Å². The Morgan fingerprint density at radius 3 is 2.52 bits per heavy atom. The summed E-state index contributed by atoms with van der Waals surface area (Å²) in [7, 11) is 0. The normalized spacial score (nSPS) is 11.0. The number of fused-ring (bicyclic) bond motifs is 1. The van der Waals surface area contributed by atoms with E-state index < -0.39 is 0 Å². The van der Waals surface area contributed by atoms with Crippen molar-refractivity contribution in [2.45, 2.75) is 26.3 Å². The zero-order chi connectivity index (χ0) is 14.7. The average molecular weight is 299 g/mol. The third kappa shape index (κ3) is 3.22. The van der Waals surface area contributed by atoms with Gasteiger partial charge in [-0.25, -0.2) is 0 Å². The first kappa shape index (κ1) is 14.0. The SMILES string of the molecule is CCCCn1ccc2cc(Nc3ccc(Cl)cc3)ccc21. The zero-order valence-electron chi connectivity index (χ0n) is 12.1. The van der Waals surface area contributed by atoms with Crippen LogP contribution in [0, 0.1) is 0 Å². The first-order chi connectivity index (χ1) is 10.3. The molecule has 0 aliphatic heterocycles. The molecule has 108 valence electrons. The fourth-order valence-electron chi connectivity index (χ4n) is 2.50. The molecule has 3 rings (SSSR count). The number of benzene rings is 2. The molecule has 1 aromatic heterocycles. The summed E-state index contributed by atoms with van der Waals surface area (Å²) in [6.45, 7) is 3.31. The van der Waals surface area contributed by atoms with Crippen LogP contribution < -0.4 is 5.32 Å². The predicted molar refractivity (Wildman–Crippen MR) is 91.6 cm³/mol. The molecule has 0 amide bonds. The topological polar surface area (TPSA) is 17.0 Å². The van der Waals surface area contributed by atoms with Gasteiger partial charge in [0.2, 0.25) is 0 Å². The van der Waals surface area contributed by atoms with Gasteiger partial charge in [-0.1, -0.05) is 24.9 Å². The molecule has 0 radical (unpaired) electrons. The monoisotopic (exact) mass is 298 g/mol. The smallest absolute Gasteiger partial charge is 0.0481 e. The molecule has 21 heavy (non-hydrogen) atoms. The molecule has 3 heteroatoms. The summed E-state index contributed by atoms with van der Waals surface area (Å²) in [5, 5.41) is 5.43. The Bertz CT molecular complexity index is 729. The Morgan fingerprint density at radius 2 is 1.76 bits per heavy atom. The number of rotatable bonds is 5. The number of hydrogen-bond donors (Lipinski definition) is 1. The molecule has 0 saturated heterocycles. The third-order valence-corrected chi connectivity index (χ3v) is 3.91. The molecule has 2 nitrogen and oxygen atoms in total. The molecule has 0 atom stereocenters. The predicted octanol–water partition coefficient (Wildman–Crippen LogP) is 5.84. The van der Waals surface area contributed by atoms with Crippen LogP contribution in [0.15, 0.2) is 54.7 Å². The van der Waals surface area contributed by atoms with Crippen LogP contribution in [-0.4, -0.2) is 4.57 Å². The maximum absolute atomic E-state index is 5.91. The second kappa shape index (κ2) is 6.23. The van der Waals surface area contributed by atoms with E-state index in [9.17, 15) is 0 Å². The Balaban J connectivity index is 1.82. The van der Waals surface area contributed by atoms with E-state index in [4.69, 9.17) is 11.6 Å². The summed E-state index contributed by atoms with van der Waals surface area (Å²) in [4.78, 5) is 0. The lowest BCUT2D eigenvalue weighted by molar-refractivity contribution is 0.650. The minimum absolute atomic E-state index is 0.754. The van der Waals surface area contributed by atoms with Crippen molar-refractivity contribution in [2.75, 3.05) is 5.32 Å². The number of aryl methyl sites for hydroxylation is 1. The molecule has 0 unspecified atom stereocenters. The average Bonchev–Trinajstić information content (AvgIpc) is 2.90. The van der Waals surface area contributed by atoms with E-state index in [1.807, 2.05) is 24.3 Å². The van der Waals surface area contributed by atoms with Crippen molar-refractivity contribution in [3.63, 3.8) is 0 Å².